The van der Waals surface area contributed by atoms with Crippen LogP contribution in [0.2, 0.25) is 0 Å². The summed E-state index contributed by atoms with van der Waals surface area (Å²) in [5.41, 5.74) is 11.3. The minimum Gasteiger partial charge on any atom is -0.349 e. The molecule has 8 N–H and O–H groups in total. The summed E-state index contributed by atoms with van der Waals surface area (Å²) in [4.78, 5) is 52.0. The lowest BCUT2D eigenvalue weighted by molar-refractivity contribution is -0.130. The van der Waals surface area contributed by atoms with Gasteiger partial charge in [0.05, 0.1) is 10.9 Å². The first-order chi connectivity index (χ1) is 23.7. The van der Waals surface area contributed by atoms with Crippen LogP contribution in [0.4, 0.5) is 5.69 Å². The second-order valence-electron chi connectivity index (χ2n) is 13.8. The first kappa shape index (κ1) is 34.1. The zero-order valence-corrected chi connectivity index (χ0v) is 28.2. The number of hydrogen-bond donors (Lipinski definition) is 7. The van der Waals surface area contributed by atoms with E-state index in [1.54, 1.807) is 18.2 Å². The second kappa shape index (κ2) is 15.2. The third kappa shape index (κ3) is 8.29. The van der Waals surface area contributed by atoms with Gasteiger partial charge in [-0.1, -0.05) is 30.3 Å². The lowest BCUT2D eigenvalue weighted by atomic mass is 9.81. The van der Waals surface area contributed by atoms with Gasteiger partial charge in [-0.15, -0.1) is 0 Å². The average molecular weight is 666 g/mol. The van der Waals surface area contributed by atoms with Crippen LogP contribution in [0.1, 0.15) is 66.9 Å². The minimum atomic E-state index is -0.811. The lowest BCUT2D eigenvalue weighted by Crippen LogP contribution is -2.48. The number of hydrogen-bond acceptors (Lipinski definition) is 6. The van der Waals surface area contributed by atoms with Gasteiger partial charge in [-0.05, 0) is 124 Å². The van der Waals surface area contributed by atoms with Crippen molar-refractivity contribution in [1.82, 2.24) is 26.1 Å². The number of nitrogens with two attached hydrogens (primary N) is 1. The molecule has 3 amide bonds. The largest absolute Gasteiger partial charge is 0.349 e. The molecule has 2 heterocycles. The molecule has 258 valence electrons. The molecule has 49 heavy (non-hydrogen) atoms. The van der Waals surface area contributed by atoms with Gasteiger partial charge in [0.2, 0.25) is 11.8 Å². The van der Waals surface area contributed by atoms with Gasteiger partial charge in [-0.3, -0.25) is 29.4 Å². The van der Waals surface area contributed by atoms with E-state index >= 15 is 0 Å². The Balaban J connectivity index is 1.15. The predicted molar refractivity (Wildman–Crippen MR) is 192 cm³/mol. The third-order valence-corrected chi connectivity index (χ3v) is 10.2. The van der Waals surface area contributed by atoms with Crippen LogP contribution in [0.15, 0.2) is 65.5 Å². The van der Waals surface area contributed by atoms with Crippen molar-refractivity contribution in [2.45, 2.75) is 76.9 Å². The number of benzene rings is 3. The van der Waals surface area contributed by atoms with E-state index in [-0.39, 0.29) is 35.2 Å². The Hall–Kier alpha value is -4.74. The first-order valence-corrected chi connectivity index (χ1v) is 17.4. The fraction of sp³-hybridized carbons (Fsp3) is 0.421. The van der Waals surface area contributed by atoms with Gasteiger partial charge in [-0.2, -0.15) is 0 Å². The van der Waals surface area contributed by atoms with Gasteiger partial charge >= 0.3 is 0 Å². The zero-order valence-electron chi connectivity index (χ0n) is 28.2. The van der Waals surface area contributed by atoms with Crippen LogP contribution in [-0.4, -0.2) is 59.1 Å². The maximum Gasteiger partial charge on any atom is 0.271 e. The number of amides is 3. The Labute approximate surface area is 286 Å². The van der Waals surface area contributed by atoms with Crippen molar-refractivity contribution in [3.8, 4) is 11.1 Å². The third-order valence-electron chi connectivity index (χ3n) is 10.2. The number of rotatable bonds is 10. The maximum absolute atomic E-state index is 13.7. The van der Waals surface area contributed by atoms with Gasteiger partial charge in [0.25, 0.3) is 11.5 Å². The van der Waals surface area contributed by atoms with Crippen molar-refractivity contribution in [3.05, 3.63) is 87.7 Å². The fourth-order valence-corrected chi connectivity index (χ4v) is 7.22. The van der Waals surface area contributed by atoms with E-state index in [9.17, 15) is 19.2 Å². The maximum atomic E-state index is 13.7. The van der Waals surface area contributed by atoms with Crippen molar-refractivity contribution in [1.29, 1.82) is 0 Å². The highest BCUT2D eigenvalue weighted by molar-refractivity contribution is 5.99. The highest BCUT2D eigenvalue weighted by atomic mass is 16.2. The molecule has 0 spiro atoms. The molecule has 2 fully saturated rings. The normalized spacial score (nSPS) is 21.5. The van der Waals surface area contributed by atoms with Crippen molar-refractivity contribution in [2.24, 2.45) is 17.6 Å². The van der Waals surface area contributed by atoms with Crippen LogP contribution in [0.25, 0.3) is 22.0 Å². The Morgan fingerprint density at radius 2 is 1.71 bits per heavy atom. The average Bonchev–Trinajstić information content (AvgIpc) is 3.47. The number of nitrogens with one attached hydrogen (secondary N) is 6. The molecule has 11 nitrogen and oxygen atoms in total. The van der Waals surface area contributed by atoms with E-state index < -0.39 is 6.04 Å². The van der Waals surface area contributed by atoms with E-state index in [2.05, 4.69) is 38.4 Å². The number of aryl methyl sites for hydroxylation is 1. The van der Waals surface area contributed by atoms with Crippen LogP contribution in [0.3, 0.4) is 0 Å². The molecule has 0 bridgehead atoms. The van der Waals surface area contributed by atoms with Crippen LogP contribution in [0, 0.1) is 18.8 Å². The molecule has 3 unspecified atom stereocenters. The van der Waals surface area contributed by atoms with Crippen molar-refractivity contribution < 1.29 is 14.4 Å². The molecular formula is C38H47N7O4. The molecule has 2 aliphatic rings. The number of fused-ring (bicyclic) bond motifs is 1. The van der Waals surface area contributed by atoms with E-state index in [1.807, 2.05) is 49.4 Å². The molecule has 1 saturated carbocycles. The highest BCUT2D eigenvalue weighted by Gasteiger charge is 2.29. The molecule has 3 aromatic carbocycles. The first-order valence-electron chi connectivity index (χ1n) is 17.4. The van der Waals surface area contributed by atoms with Gasteiger partial charge < -0.3 is 27.0 Å². The Kier molecular flexibility index (Phi) is 10.6. The van der Waals surface area contributed by atoms with E-state index in [4.69, 9.17) is 5.73 Å². The standard InChI is InChI=1S/C38H47N7O4/c1-22-17-28(36(47)41-30-15-16-40-23(2)18-30)11-13-31(22)26-7-3-24(4-8-26)19-34(43-35(46)27-9-5-25(21-39)6-10-27)38(49)42-29-12-14-32-33(20-29)44-45-37(32)48/h3-4,7-8,11-14,17,20,23,25,27,30,34,40H,5-6,9-10,15-16,18-19,21,39H2,1-2H3,(H,41,47)(H,42,49)(H,43,46)(H2,44,45,48). The predicted octanol–water partition coefficient (Wildman–Crippen LogP) is 4.13. The van der Waals surface area contributed by atoms with Crippen LogP contribution in [-0.2, 0) is 16.0 Å². The molecule has 4 aromatic rings. The Morgan fingerprint density at radius 1 is 0.939 bits per heavy atom. The van der Waals surface area contributed by atoms with Crippen molar-refractivity contribution in [3.63, 3.8) is 0 Å². The second-order valence-corrected chi connectivity index (χ2v) is 13.8. The number of carbonyl (C=O) groups is 3. The molecule has 0 radical (unpaired) electrons. The number of aromatic amines is 2. The topological polar surface area (TPSA) is 174 Å². The summed E-state index contributed by atoms with van der Waals surface area (Å²) in [6.45, 7) is 5.67. The van der Waals surface area contributed by atoms with E-state index in [0.29, 0.717) is 47.1 Å². The van der Waals surface area contributed by atoms with Gasteiger partial charge in [0, 0.05) is 35.7 Å². The van der Waals surface area contributed by atoms with E-state index in [0.717, 1.165) is 67.3 Å². The zero-order chi connectivity index (χ0) is 34.5. The fourth-order valence-electron chi connectivity index (χ4n) is 7.22. The molecule has 1 saturated heterocycles. The number of anilines is 1. The number of aromatic nitrogens is 2. The summed E-state index contributed by atoms with van der Waals surface area (Å²) in [6.07, 6.45) is 5.47. The molecule has 6 rings (SSSR count). The molecule has 1 aromatic heterocycles. The summed E-state index contributed by atoms with van der Waals surface area (Å²) in [5, 5.41) is 18.4. The number of H-pyrrole nitrogens is 2. The van der Waals surface area contributed by atoms with Crippen LogP contribution < -0.4 is 32.6 Å². The van der Waals surface area contributed by atoms with Gasteiger partial charge in [-0.25, -0.2) is 0 Å². The summed E-state index contributed by atoms with van der Waals surface area (Å²) < 4.78 is 0. The molecule has 1 aliphatic heterocycles. The summed E-state index contributed by atoms with van der Waals surface area (Å²) in [5.74, 6) is -0.222. The summed E-state index contributed by atoms with van der Waals surface area (Å²) >= 11 is 0. The monoisotopic (exact) mass is 665 g/mol. The van der Waals surface area contributed by atoms with E-state index in [1.165, 1.54) is 0 Å². The molecule has 1 aliphatic carbocycles. The van der Waals surface area contributed by atoms with Gasteiger partial charge in [0.1, 0.15) is 6.04 Å². The summed E-state index contributed by atoms with van der Waals surface area (Å²) in [6, 6.07) is 18.5. The van der Waals surface area contributed by atoms with Crippen LogP contribution >= 0.6 is 0 Å². The number of carbonyl (C=O) groups excluding carboxylic acids is 3. The molecular weight excluding hydrogens is 618 g/mol. The number of piperidine rings is 1. The van der Waals surface area contributed by atoms with Crippen LogP contribution in [0.5, 0.6) is 0 Å². The Bertz CT molecular complexity index is 1860. The lowest BCUT2D eigenvalue weighted by Gasteiger charge is -2.28. The molecule has 3 atom stereocenters. The highest BCUT2D eigenvalue weighted by Crippen LogP contribution is 2.29. The SMILES string of the molecule is Cc1cc(C(=O)NC2CCNC(C)C2)ccc1-c1ccc(CC(NC(=O)C2CCC(CN)CC2)C(=O)Nc2ccc3c(=O)[nH][nH]c3c2)cc1. The molecule has 11 heteroatoms. The summed E-state index contributed by atoms with van der Waals surface area (Å²) in [7, 11) is 0. The minimum absolute atomic E-state index is 0.0517. The quantitative estimate of drug-likeness (QED) is 0.134. The van der Waals surface area contributed by atoms with Crippen molar-refractivity contribution in [2.75, 3.05) is 18.4 Å². The Morgan fingerprint density at radius 3 is 2.43 bits per heavy atom. The van der Waals surface area contributed by atoms with Gasteiger partial charge in [0.15, 0.2) is 0 Å². The van der Waals surface area contributed by atoms with Crippen molar-refractivity contribution >= 4 is 34.3 Å². The smallest absolute Gasteiger partial charge is 0.271 e.